The van der Waals surface area contributed by atoms with Gasteiger partial charge in [0, 0.05) is 43.8 Å². The van der Waals surface area contributed by atoms with E-state index in [4.69, 9.17) is 0 Å². The number of fused-ring (bicyclic) bond motifs is 1. The van der Waals surface area contributed by atoms with Crippen molar-refractivity contribution in [3.05, 3.63) is 46.2 Å². The number of nitrogens with zero attached hydrogens (tertiary/aromatic N) is 3. The highest BCUT2D eigenvalue weighted by atomic mass is 16.2. The van der Waals surface area contributed by atoms with Crippen molar-refractivity contribution in [1.29, 1.82) is 0 Å². The van der Waals surface area contributed by atoms with E-state index in [9.17, 15) is 9.59 Å². The van der Waals surface area contributed by atoms with E-state index in [1.807, 2.05) is 34.6 Å². The van der Waals surface area contributed by atoms with Gasteiger partial charge in [-0.25, -0.2) is 0 Å². The van der Waals surface area contributed by atoms with Crippen molar-refractivity contribution in [2.24, 2.45) is 0 Å². The standard InChI is InChI=1S/C18H23N3O2/c1-3-19-8-10-20(11-9-19)18(23)13-21-7-6-17(22)15-12-14(2)4-5-16(15)21/h4-7,12H,3,8-11,13H2,1-2H3. The number of pyridine rings is 1. The lowest BCUT2D eigenvalue weighted by Crippen LogP contribution is -2.49. The summed E-state index contributed by atoms with van der Waals surface area (Å²) in [5, 5.41) is 0.677. The van der Waals surface area contributed by atoms with Crippen LogP contribution in [-0.4, -0.2) is 53.0 Å². The zero-order valence-corrected chi connectivity index (χ0v) is 13.8. The number of hydrogen-bond acceptors (Lipinski definition) is 3. The maximum atomic E-state index is 12.6. The number of amides is 1. The van der Waals surface area contributed by atoms with Crippen LogP contribution in [0, 0.1) is 6.92 Å². The quantitative estimate of drug-likeness (QED) is 0.862. The van der Waals surface area contributed by atoms with Crippen LogP contribution in [0.15, 0.2) is 35.3 Å². The normalized spacial score (nSPS) is 16.0. The predicted octanol–water partition coefficient (Wildman–Crippen LogP) is 1.47. The lowest BCUT2D eigenvalue weighted by atomic mass is 10.1. The van der Waals surface area contributed by atoms with E-state index in [2.05, 4.69) is 11.8 Å². The molecule has 0 saturated carbocycles. The highest BCUT2D eigenvalue weighted by molar-refractivity contribution is 5.82. The molecule has 5 heteroatoms. The predicted molar refractivity (Wildman–Crippen MR) is 91.6 cm³/mol. The van der Waals surface area contributed by atoms with E-state index in [1.165, 1.54) is 0 Å². The van der Waals surface area contributed by atoms with Gasteiger partial charge in [-0.3, -0.25) is 9.59 Å². The first-order valence-corrected chi connectivity index (χ1v) is 8.18. The van der Waals surface area contributed by atoms with Crippen LogP contribution in [0.4, 0.5) is 0 Å². The number of carbonyl (C=O) groups is 1. The summed E-state index contributed by atoms with van der Waals surface area (Å²) in [5.74, 6) is 0.117. The molecule has 1 aromatic heterocycles. The molecule has 0 radical (unpaired) electrons. The molecule has 122 valence electrons. The third-order valence-electron chi connectivity index (χ3n) is 4.61. The number of rotatable bonds is 3. The zero-order valence-electron chi connectivity index (χ0n) is 13.8. The van der Waals surface area contributed by atoms with Crippen LogP contribution in [0.2, 0.25) is 0 Å². The minimum absolute atomic E-state index is 0.00367. The summed E-state index contributed by atoms with van der Waals surface area (Å²) in [4.78, 5) is 28.9. The van der Waals surface area contributed by atoms with Gasteiger partial charge >= 0.3 is 0 Å². The van der Waals surface area contributed by atoms with E-state index in [0.717, 1.165) is 43.8 Å². The van der Waals surface area contributed by atoms with Gasteiger partial charge in [-0.2, -0.15) is 0 Å². The third-order valence-corrected chi connectivity index (χ3v) is 4.61. The van der Waals surface area contributed by atoms with Crippen LogP contribution >= 0.6 is 0 Å². The Morgan fingerprint density at radius 3 is 2.57 bits per heavy atom. The van der Waals surface area contributed by atoms with Crippen LogP contribution < -0.4 is 5.43 Å². The number of aryl methyl sites for hydroxylation is 1. The summed E-state index contributed by atoms with van der Waals surface area (Å²) in [5.41, 5.74) is 1.88. The van der Waals surface area contributed by atoms with Gasteiger partial charge in [-0.1, -0.05) is 18.6 Å². The average Bonchev–Trinajstić information content (AvgIpc) is 2.57. The molecule has 2 heterocycles. The molecule has 0 aliphatic carbocycles. The number of hydrogen-bond donors (Lipinski definition) is 0. The molecule has 3 rings (SSSR count). The second-order valence-corrected chi connectivity index (χ2v) is 6.14. The molecule has 23 heavy (non-hydrogen) atoms. The van der Waals surface area contributed by atoms with Crippen LogP contribution in [0.3, 0.4) is 0 Å². The molecule has 1 aromatic carbocycles. The van der Waals surface area contributed by atoms with E-state index in [-0.39, 0.29) is 17.9 Å². The lowest BCUT2D eigenvalue weighted by Gasteiger charge is -2.34. The zero-order chi connectivity index (χ0) is 16.4. The first kappa shape index (κ1) is 15.7. The summed E-state index contributed by atoms with van der Waals surface area (Å²) in [6.45, 7) is 8.87. The first-order chi connectivity index (χ1) is 11.1. The molecular weight excluding hydrogens is 290 g/mol. The van der Waals surface area contributed by atoms with Gasteiger partial charge in [0.05, 0.1) is 5.52 Å². The van der Waals surface area contributed by atoms with Gasteiger partial charge in [0.1, 0.15) is 6.54 Å². The van der Waals surface area contributed by atoms with Crippen molar-refractivity contribution >= 4 is 16.8 Å². The average molecular weight is 313 g/mol. The largest absolute Gasteiger partial charge is 0.339 e. The molecule has 0 spiro atoms. The fourth-order valence-electron chi connectivity index (χ4n) is 3.12. The molecule has 1 amide bonds. The molecular formula is C18H23N3O2. The van der Waals surface area contributed by atoms with Crippen molar-refractivity contribution in [2.45, 2.75) is 20.4 Å². The van der Waals surface area contributed by atoms with Crippen molar-refractivity contribution in [2.75, 3.05) is 32.7 Å². The fourth-order valence-corrected chi connectivity index (χ4v) is 3.12. The van der Waals surface area contributed by atoms with Crippen molar-refractivity contribution in [3.63, 3.8) is 0 Å². The molecule has 0 unspecified atom stereocenters. The van der Waals surface area contributed by atoms with Crippen molar-refractivity contribution in [1.82, 2.24) is 14.4 Å². The number of benzene rings is 1. The maximum Gasteiger partial charge on any atom is 0.242 e. The van der Waals surface area contributed by atoms with Crippen LogP contribution in [0.1, 0.15) is 12.5 Å². The molecule has 0 bridgehead atoms. The maximum absolute atomic E-state index is 12.6. The highest BCUT2D eigenvalue weighted by Crippen LogP contribution is 2.13. The summed E-state index contributed by atoms with van der Waals surface area (Å²) in [6.07, 6.45) is 1.72. The Kier molecular flexibility index (Phi) is 4.48. The molecule has 1 aliphatic rings. The topological polar surface area (TPSA) is 45.5 Å². The van der Waals surface area contributed by atoms with Gasteiger partial charge in [0.25, 0.3) is 0 Å². The summed E-state index contributed by atoms with van der Waals surface area (Å²) >= 11 is 0. The summed E-state index contributed by atoms with van der Waals surface area (Å²) in [6, 6.07) is 7.33. The number of aromatic nitrogens is 1. The molecule has 1 aliphatic heterocycles. The Morgan fingerprint density at radius 2 is 1.87 bits per heavy atom. The fraction of sp³-hybridized carbons (Fsp3) is 0.444. The summed E-state index contributed by atoms with van der Waals surface area (Å²) < 4.78 is 1.88. The monoisotopic (exact) mass is 313 g/mol. The van der Waals surface area contributed by atoms with E-state index < -0.39 is 0 Å². The molecule has 0 atom stereocenters. The number of piperazine rings is 1. The van der Waals surface area contributed by atoms with E-state index >= 15 is 0 Å². The molecule has 1 saturated heterocycles. The summed E-state index contributed by atoms with van der Waals surface area (Å²) in [7, 11) is 0. The minimum Gasteiger partial charge on any atom is -0.339 e. The highest BCUT2D eigenvalue weighted by Gasteiger charge is 2.20. The lowest BCUT2D eigenvalue weighted by molar-refractivity contribution is -0.133. The smallest absolute Gasteiger partial charge is 0.242 e. The number of carbonyl (C=O) groups excluding carboxylic acids is 1. The Morgan fingerprint density at radius 1 is 1.13 bits per heavy atom. The van der Waals surface area contributed by atoms with Crippen molar-refractivity contribution in [3.8, 4) is 0 Å². The van der Waals surface area contributed by atoms with Gasteiger partial charge in [0.2, 0.25) is 5.91 Å². The van der Waals surface area contributed by atoms with E-state index in [1.54, 1.807) is 12.3 Å². The van der Waals surface area contributed by atoms with Crippen LogP contribution in [0.25, 0.3) is 10.9 Å². The Labute approximate surface area is 136 Å². The Balaban J connectivity index is 1.81. The van der Waals surface area contributed by atoms with Gasteiger partial charge in [-0.15, -0.1) is 0 Å². The Hall–Kier alpha value is -2.14. The molecule has 2 aromatic rings. The van der Waals surface area contributed by atoms with E-state index in [0.29, 0.717) is 5.39 Å². The van der Waals surface area contributed by atoms with Gasteiger partial charge < -0.3 is 14.4 Å². The van der Waals surface area contributed by atoms with Gasteiger partial charge in [-0.05, 0) is 25.6 Å². The third kappa shape index (κ3) is 3.29. The molecule has 5 nitrogen and oxygen atoms in total. The second-order valence-electron chi connectivity index (χ2n) is 6.14. The minimum atomic E-state index is 0.00367. The molecule has 0 N–H and O–H groups in total. The van der Waals surface area contributed by atoms with Crippen LogP contribution in [-0.2, 0) is 11.3 Å². The second kappa shape index (κ2) is 6.54. The number of likely N-dealkylation sites (N-methyl/N-ethyl adjacent to an activating group) is 1. The van der Waals surface area contributed by atoms with Crippen molar-refractivity contribution < 1.29 is 4.79 Å². The Bertz CT molecular complexity index is 773. The first-order valence-electron chi connectivity index (χ1n) is 8.18. The van der Waals surface area contributed by atoms with Gasteiger partial charge in [0.15, 0.2) is 5.43 Å². The van der Waals surface area contributed by atoms with Crippen LogP contribution in [0.5, 0.6) is 0 Å². The SMILES string of the molecule is CCN1CCN(C(=O)Cn2ccc(=O)c3cc(C)ccc32)CC1. The molecule has 1 fully saturated rings.